The Kier molecular flexibility index (Phi) is 4.15. The molecule has 1 N–H and O–H groups in total. The lowest BCUT2D eigenvalue weighted by Crippen LogP contribution is -2.13. The molecule has 1 nitrogen and oxygen atoms in total. The van der Waals surface area contributed by atoms with Crippen molar-refractivity contribution in [1.29, 1.82) is 0 Å². The van der Waals surface area contributed by atoms with E-state index in [1.54, 1.807) is 23.5 Å². The normalized spacial score (nSPS) is 12.6. The highest BCUT2D eigenvalue weighted by Crippen LogP contribution is 2.18. The van der Waals surface area contributed by atoms with Crippen molar-refractivity contribution in [2.45, 2.75) is 18.9 Å². The molecule has 0 bridgehead atoms. The van der Waals surface area contributed by atoms with Crippen molar-refractivity contribution >= 4 is 22.9 Å². The van der Waals surface area contributed by atoms with E-state index in [1.165, 1.54) is 6.07 Å². The largest absolute Gasteiger partial charge is 0.392 e. The summed E-state index contributed by atoms with van der Waals surface area (Å²) in [5.41, 5.74) is 0.848. The number of halogens is 2. The van der Waals surface area contributed by atoms with Gasteiger partial charge in [0.15, 0.2) is 0 Å². The molecule has 0 aliphatic heterocycles. The number of hydrogen-bond donors (Lipinski definition) is 1. The van der Waals surface area contributed by atoms with E-state index in [0.29, 0.717) is 12.8 Å². The molecule has 0 radical (unpaired) electrons. The van der Waals surface area contributed by atoms with Gasteiger partial charge >= 0.3 is 0 Å². The van der Waals surface area contributed by atoms with Crippen molar-refractivity contribution in [3.63, 3.8) is 0 Å². The molecule has 2 aromatic rings. The number of rotatable bonds is 4. The summed E-state index contributed by atoms with van der Waals surface area (Å²) in [6, 6.07) is 8.50. The first-order valence-corrected chi connectivity index (χ1v) is 6.55. The Labute approximate surface area is 108 Å². The lowest BCUT2D eigenvalue weighted by molar-refractivity contribution is 0.176. The van der Waals surface area contributed by atoms with E-state index < -0.39 is 11.9 Å². The molecule has 0 aliphatic rings. The van der Waals surface area contributed by atoms with E-state index in [-0.39, 0.29) is 5.02 Å². The van der Waals surface area contributed by atoms with Crippen molar-refractivity contribution in [2.75, 3.05) is 0 Å². The average molecular weight is 271 g/mol. The van der Waals surface area contributed by atoms with Crippen molar-refractivity contribution in [1.82, 2.24) is 0 Å². The first-order chi connectivity index (χ1) is 8.15. The van der Waals surface area contributed by atoms with Crippen LogP contribution in [0.4, 0.5) is 4.39 Å². The SMILES string of the molecule is OC(Cc1ccc(F)c(Cl)c1)Cc1cccs1. The van der Waals surface area contributed by atoms with Gasteiger partial charge < -0.3 is 5.11 Å². The van der Waals surface area contributed by atoms with Gasteiger partial charge in [-0.3, -0.25) is 0 Å². The molecule has 0 fully saturated rings. The summed E-state index contributed by atoms with van der Waals surface area (Å²) in [7, 11) is 0. The van der Waals surface area contributed by atoms with Gasteiger partial charge in [0.2, 0.25) is 0 Å². The molecule has 90 valence electrons. The van der Waals surface area contributed by atoms with Crippen LogP contribution < -0.4 is 0 Å². The van der Waals surface area contributed by atoms with Crippen LogP contribution in [-0.2, 0) is 12.8 Å². The predicted molar refractivity (Wildman–Crippen MR) is 69.1 cm³/mol. The third-order valence-corrected chi connectivity index (χ3v) is 3.66. The van der Waals surface area contributed by atoms with E-state index in [0.717, 1.165) is 10.4 Å². The maximum atomic E-state index is 12.9. The Morgan fingerprint density at radius 3 is 2.76 bits per heavy atom. The van der Waals surface area contributed by atoms with Crippen LogP contribution in [0.3, 0.4) is 0 Å². The summed E-state index contributed by atoms with van der Waals surface area (Å²) in [6.07, 6.45) is 0.639. The number of aliphatic hydroxyl groups excluding tert-OH is 1. The van der Waals surface area contributed by atoms with E-state index >= 15 is 0 Å². The van der Waals surface area contributed by atoms with Crippen molar-refractivity contribution in [3.05, 3.63) is 57.0 Å². The van der Waals surface area contributed by atoms with Gasteiger partial charge in [-0.05, 0) is 35.6 Å². The summed E-state index contributed by atoms with van der Waals surface area (Å²) < 4.78 is 12.9. The van der Waals surface area contributed by atoms with E-state index in [4.69, 9.17) is 11.6 Å². The minimum Gasteiger partial charge on any atom is -0.392 e. The topological polar surface area (TPSA) is 20.2 Å². The molecule has 17 heavy (non-hydrogen) atoms. The summed E-state index contributed by atoms with van der Waals surface area (Å²) in [5.74, 6) is -0.428. The monoisotopic (exact) mass is 270 g/mol. The minimum atomic E-state index is -0.463. The minimum absolute atomic E-state index is 0.103. The van der Waals surface area contributed by atoms with Gasteiger partial charge in [-0.15, -0.1) is 11.3 Å². The second kappa shape index (κ2) is 5.63. The second-order valence-electron chi connectivity index (χ2n) is 3.89. The average Bonchev–Trinajstić information content (AvgIpc) is 2.76. The zero-order valence-corrected chi connectivity index (χ0v) is 10.6. The molecule has 1 atom stereocenters. The molecule has 0 saturated heterocycles. The Morgan fingerprint density at radius 1 is 1.29 bits per heavy atom. The van der Waals surface area contributed by atoms with E-state index in [1.807, 2.05) is 17.5 Å². The molecule has 1 unspecified atom stereocenters. The molecule has 0 amide bonds. The maximum Gasteiger partial charge on any atom is 0.141 e. The second-order valence-corrected chi connectivity index (χ2v) is 5.33. The Hall–Kier alpha value is -0.900. The number of thiophene rings is 1. The smallest absolute Gasteiger partial charge is 0.141 e. The fraction of sp³-hybridized carbons (Fsp3) is 0.231. The van der Waals surface area contributed by atoms with Crippen LogP contribution in [0.1, 0.15) is 10.4 Å². The van der Waals surface area contributed by atoms with Gasteiger partial charge in [-0.25, -0.2) is 4.39 Å². The molecule has 0 spiro atoms. The molecule has 4 heteroatoms. The van der Waals surface area contributed by atoms with Gasteiger partial charge in [0.25, 0.3) is 0 Å². The Morgan fingerprint density at radius 2 is 2.12 bits per heavy atom. The highest BCUT2D eigenvalue weighted by Gasteiger charge is 2.09. The quantitative estimate of drug-likeness (QED) is 0.898. The van der Waals surface area contributed by atoms with Gasteiger partial charge in [-0.1, -0.05) is 23.7 Å². The molecule has 0 saturated carbocycles. The van der Waals surface area contributed by atoms with E-state index in [9.17, 15) is 9.50 Å². The highest BCUT2D eigenvalue weighted by atomic mass is 35.5. The Bertz CT molecular complexity index is 484. The highest BCUT2D eigenvalue weighted by molar-refractivity contribution is 7.09. The molecular formula is C13H12ClFOS. The lowest BCUT2D eigenvalue weighted by atomic mass is 10.1. The van der Waals surface area contributed by atoms with E-state index in [2.05, 4.69) is 0 Å². The van der Waals surface area contributed by atoms with Crippen molar-refractivity contribution in [3.8, 4) is 0 Å². The van der Waals surface area contributed by atoms with Crippen LogP contribution in [0.15, 0.2) is 35.7 Å². The van der Waals surface area contributed by atoms with Crippen LogP contribution in [-0.4, -0.2) is 11.2 Å². The molecule has 2 rings (SSSR count). The zero-order valence-electron chi connectivity index (χ0n) is 9.07. The molecule has 1 aromatic heterocycles. The van der Waals surface area contributed by atoms with Gasteiger partial charge in [0.1, 0.15) is 5.82 Å². The summed E-state index contributed by atoms with van der Waals surface area (Å²) >= 11 is 7.31. The summed E-state index contributed by atoms with van der Waals surface area (Å²) in [5, 5.41) is 12.0. The standard InChI is InChI=1S/C13H12ClFOS/c14-12-7-9(3-4-13(12)15)6-10(16)8-11-2-1-5-17-11/h1-5,7,10,16H,6,8H2. The fourth-order valence-corrected chi connectivity index (χ4v) is 2.65. The maximum absolute atomic E-state index is 12.9. The fourth-order valence-electron chi connectivity index (χ4n) is 1.67. The molecule has 0 aliphatic carbocycles. The van der Waals surface area contributed by atoms with Crippen molar-refractivity contribution in [2.24, 2.45) is 0 Å². The number of aliphatic hydroxyl groups is 1. The zero-order chi connectivity index (χ0) is 12.3. The van der Waals surface area contributed by atoms with Crippen LogP contribution in [0.25, 0.3) is 0 Å². The molecule has 1 heterocycles. The molecule has 1 aromatic carbocycles. The van der Waals surface area contributed by atoms with Gasteiger partial charge in [0, 0.05) is 11.3 Å². The van der Waals surface area contributed by atoms with Crippen LogP contribution in [0.5, 0.6) is 0 Å². The summed E-state index contributed by atoms with van der Waals surface area (Å²) in [6.45, 7) is 0. The van der Waals surface area contributed by atoms with Gasteiger partial charge in [-0.2, -0.15) is 0 Å². The predicted octanol–water partition coefficient (Wildman–Crippen LogP) is 3.69. The van der Waals surface area contributed by atoms with Crippen LogP contribution >= 0.6 is 22.9 Å². The summed E-state index contributed by atoms with van der Waals surface area (Å²) in [4.78, 5) is 1.14. The first kappa shape index (κ1) is 12.6. The Balaban J connectivity index is 1.98. The number of benzene rings is 1. The van der Waals surface area contributed by atoms with Gasteiger partial charge in [0.05, 0.1) is 11.1 Å². The van der Waals surface area contributed by atoms with Crippen molar-refractivity contribution < 1.29 is 9.50 Å². The van der Waals surface area contributed by atoms with Crippen LogP contribution in [0, 0.1) is 5.82 Å². The molecular weight excluding hydrogens is 259 g/mol. The lowest BCUT2D eigenvalue weighted by Gasteiger charge is -2.09. The first-order valence-electron chi connectivity index (χ1n) is 5.29. The third kappa shape index (κ3) is 3.53. The number of hydrogen-bond acceptors (Lipinski definition) is 2. The van der Waals surface area contributed by atoms with Crippen LogP contribution in [0.2, 0.25) is 5.02 Å². The third-order valence-electron chi connectivity index (χ3n) is 2.47.